The number of nitrogens with one attached hydrogen (secondary N) is 1. The maximum atomic E-state index is 11.3. The van der Waals surface area contributed by atoms with E-state index in [2.05, 4.69) is 21.7 Å². The number of halogens is 2. The SMILES string of the molecule is CC(=O)c1cc(CN2C[C@H]3CC[C@@H](C2)NC3)cs1.Cl.Cl. The molecule has 1 N–H and O–H groups in total. The number of thiophene rings is 1. The second-order valence-corrected chi connectivity index (χ2v) is 6.53. The van der Waals surface area contributed by atoms with Crippen LogP contribution in [-0.4, -0.2) is 36.4 Å². The number of hydrogen-bond donors (Lipinski definition) is 1. The van der Waals surface area contributed by atoms with Gasteiger partial charge in [0.2, 0.25) is 0 Å². The van der Waals surface area contributed by atoms with Gasteiger partial charge in [-0.25, -0.2) is 0 Å². The van der Waals surface area contributed by atoms with Crippen LogP contribution < -0.4 is 5.32 Å². The summed E-state index contributed by atoms with van der Waals surface area (Å²) in [5.74, 6) is 0.999. The van der Waals surface area contributed by atoms with Crippen LogP contribution in [0.25, 0.3) is 0 Å². The molecule has 3 nitrogen and oxygen atoms in total. The van der Waals surface area contributed by atoms with Gasteiger partial charge in [-0.3, -0.25) is 9.69 Å². The molecule has 0 radical (unpaired) electrons. The second kappa shape index (κ2) is 7.76. The van der Waals surface area contributed by atoms with Crippen LogP contribution in [0.3, 0.4) is 0 Å². The molecule has 3 fully saturated rings. The number of hydrogen-bond acceptors (Lipinski definition) is 4. The van der Waals surface area contributed by atoms with Gasteiger partial charge in [-0.2, -0.15) is 0 Å². The van der Waals surface area contributed by atoms with E-state index in [9.17, 15) is 4.79 Å². The van der Waals surface area contributed by atoms with E-state index >= 15 is 0 Å². The first-order chi connectivity index (χ1) is 8.70. The number of Topliss-reactive ketones (excluding diaryl/α,β-unsaturated/α-hetero) is 1. The minimum absolute atomic E-state index is 0. The van der Waals surface area contributed by atoms with Crippen molar-refractivity contribution in [3.63, 3.8) is 0 Å². The lowest BCUT2D eigenvalue weighted by Crippen LogP contribution is -2.39. The van der Waals surface area contributed by atoms with Gasteiger partial charge < -0.3 is 5.32 Å². The molecule has 3 saturated heterocycles. The molecule has 4 rings (SSSR count). The van der Waals surface area contributed by atoms with Crippen LogP contribution in [0.1, 0.15) is 35.0 Å². The van der Waals surface area contributed by atoms with E-state index in [0.717, 1.165) is 23.9 Å². The predicted octanol–water partition coefficient (Wildman–Crippen LogP) is 2.98. The molecular weight excluding hydrogens is 315 g/mol. The number of nitrogens with zero attached hydrogens (tertiary/aromatic N) is 1. The summed E-state index contributed by atoms with van der Waals surface area (Å²) in [7, 11) is 0. The molecule has 0 spiro atoms. The van der Waals surface area contributed by atoms with Crippen LogP contribution in [-0.2, 0) is 6.54 Å². The molecule has 2 atom stereocenters. The molecule has 20 heavy (non-hydrogen) atoms. The van der Waals surface area contributed by atoms with Gasteiger partial charge in [-0.1, -0.05) is 0 Å². The Hall–Kier alpha value is -0.130. The van der Waals surface area contributed by atoms with Gasteiger partial charge in [0.15, 0.2) is 5.78 Å². The van der Waals surface area contributed by atoms with Crippen molar-refractivity contribution < 1.29 is 4.79 Å². The molecule has 3 aliphatic rings. The second-order valence-electron chi connectivity index (χ2n) is 5.62. The summed E-state index contributed by atoms with van der Waals surface area (Å²) in [5, 5.41) is 5.76. The van der Waals surface area contributed by atoms with Crippen LogP contribution in [0.4, 0.5) is 0 Å². The molecule has 0 amide bonds. The highest BCUT2D eigenvalue weighted by Gasteiger charge is 2.28. The maximum absolute atomic E-state index is 11.3. The lowest BCUT2D eigenvalue weighted by Gasteiger charge is -2.23. The average molecular weight is 337 g/mol. The first-order valence-corrected chi connectivity index (χ1v) is 7.63. The summed E-state index contributed by atoms with van der Waals surface area (Å²) in [6, 6.07) is 2.74. The van der Waals surface area contributed by atoms with E-state index in [1.807, 2.05) is 0 Å². The Labute approximate surface area is 136 Å². The summed E-state index contributed by atoms with van der Waals surface area (Å²) >= 11 is 1.58. The van der Waals surface area contributed by atoms with Crippen LogP contribution >= 0.6 is 36.2 Å². The first-order valence-electron chi connectivity index (χ1n) is 6.75. The summed E-state index contributed by atoms with van der Waals surface area (Å²) in [5.41, 5.74) is 1.30. The number of carbonyl (C=O) groups excluding carboxylic acids is 1. The van der Waals surface area contributed by atoms with Crippen LogP contribution in [0.5, 0.6) is 0 Å². The molecule has 3 aliphatic heterocycles. The fourth-order valence-corrected chi connectivity index (χ4v) is 3.87. The van der Waals surface area contributed by atoms with Crippen molar-refractivity contribution >= 4 is 41.9 Å². The molecule has 0 aliphatic carbocycles. The number of fused-ring (bicyclic) bond motifs is 4. The molecular formula is C14H22Cl2N2OS. The Morgan fingerprint density at radius 2 is 2.20 bits per heavy atom. The summed E-state index contributed by atoms with van der Waals surface area (Å²) < 4.78 is 0. The molecule has 6 heteroatoms. The summed E-state index contributed by atoms with van der Waals surface area (Å²) in [4.78, 5) is 14.7. The highest BCUT2D eigenvalue weighted by atomic mass is 35.5. The van der Waals surface area contributed by atoms with Gasteiger partial charge in [-0.05, 0) is 49.2 Å². The Kier molecular flexibility index (Phi) is 6.95. The standard InChI is InChI=1S/C14H20N2OS.2ClH/c1-10(17)14-4-12(9-18-14)7-16-6-11-2-3-13(8-16)15-5-11;;/h4,9,11,13,15H,2-3,5-8H2,1H3;2*1H/t11-,13-;;/m0../s1. The highest BCUT2D eigenvalue weighted by Crippen LogP contribution is 2.24. The quantitative estimate of drug-likeness (QED) is 0.861. The van der Waals surface area contributed by atoms with Crippen molar-refractivity contribution in [3.8, 4) is 0 Å². The molecule has 0 saturated carbocycles. The van der Waals surface area contributed by atoms with Crippen molar-refractivity contribution in [2.24, 2.45) is 5.92 Å². The van der Waals surface area contributed by atoms with E-state index in [0.29, 0.717) is 6.04 Å². The Bertz CT molecular complexity index is 430. The van der Waals surface area contributed by atoms with E-state index < -0.39 is 0 Å². The summed E-state index contributed by atoms with van der Waals surface area (Å²) in [6.07, 6.45) is 2.69. The summed E-state index contributed by atoms with van der Waals surface area (Å²) in [6.45, 7) is 6.18. The highest BCUT2D eigenvalue weighted by molar-refractivity contribution is 7.12. The lowest BCUT2D eigenvalue weighted by molar-refractivity contribution is 0.102. The van der Waals surface area contributed by atoms with Gasteiger partial charge in [0.25, 0.3) is 0 Å². The van der Waals surface area contributed by atoms with Crippen molar-refractivity contribution in [1.29, 1.82) is 0 Å². The third-order valence-corrected chi connectivity index (χ3v) is 5.10. The molecule has 0 aromatic carbocycles. The zero-order valence-electron chi connectivity index (χ0n) is 11.6. The molecule has 1 aromatic rings. The Morgan fingerprint density at radius 3 is 2.80 bits per heavy atom. The van der Waals surface area contributed by atoms with E-state index in [4.69, 9.17) is 0 Å². The molecule has 114 valence electrons. The van der Waals surface area contributed by atoms with Crippen LogP contribution in [0, 0.1) is 5.92 Å². The smallest absolute Gasteiger partial charge is 0.169 e. The molecule has 4 heterocycles. The third kappa shape index (κ3) is 4.18. The van der Waals surface area contributed by atoms with Crippen molar-refractivity contribution in [3.05, 3.63) is 21.9 Å². The van der Waals surface area contributed by atoms with Gasteiger partial charge in [0, 0.05) is 25.7 Å². The molecule has 2 bridgehead atoms. The number of ketones is 1. The Balaban J connectivity index is 0.000001000. The molecule has 1 aromatic heterocycles. The van der Waals surface area contributed by atoms with E-state index in [-0.39, 0.29) is 30.6 Å². The minimum atomic E-state index is 0. The largest absolute Gasteiger partial charge is 0.312 e. The molecule has 0 unspecified atom stereocenters. The van der Waals surface area contributed by atoms with Crippen LogP contribution in [0.2, 0.25) is 0 Å². The minimum Gasteiger partial charge on any atom is -0.312 e. The monoisotopic (exact) mass is 336 g/mol. The fraction of sp³-hybridized carbons (Fsp3) is 0.643. The fourth-order valence-electron chi connectivity index (χ4n) is 3.07. The average Bonchev–Trinajstić information content (AvgIpc) is 2.63. The van der Waals surface area contributed by atoms with Gasteiger partial charge in [0.1, 0.15) is 0 Å². The maximum Gasteiger partial charge on any atom is 0.169 e. The van der Waals surface area contributed by atoms with Crippen LogP contribution in [0.15, 0.2) is 11.4 Å². The van der Waals surface area contributed by atoms with Gasteiger partial charge in [0.05, 0.1) is 4.88 Å². The zero-order chi connectivity index (χ0) is 12.5. The van der Waals surface area contributed by atoms with Crippen molar-refractivity contribution in [1.82, 2.24) is 10.2 Å². The normalized spacial score (nSPS) is 25.4. The van der Waals surface area contributed by atoms with E-state index in [1.165, 1.54) is 31.5 Å². The Morgan fingerprint density at radius 1 is 1.40 bits per heavy atom. The van der Waals surface area contributed by atoms with E-state index in [1.54, 1.807) is 18.3 Å². The third-order valence-electron chi connectivity index (χ3n) is 4.02. The van der Waals surface area contributed by atoms with Gasteiger partial charge >= 0.3 is 0 Å². The number of rotatable bonds is 3. The van der Waals surface area contributed by atoms with Crippen molar-refractivity contribution in [2.45, 2.75) is 32.4 Å². The number of piperidine rings is 1. The first kappa shape index (κ1) is 17.9. The van der Waals surface area contributed by atoms with Crippen molar-refractivity contribution in [2.75, 3.05) is 19.6 Å². The number of carbonyl (C=O) groups is 1. The topological polar surface area (TPSA) is 32.3 Å². The zero-order valence-corrected chi connectivity index (χ0v) is 14.1. The lowest BCUT2D eigenvalue weighted by atomic mass is 9.97. The van der Waals surface area contributed by atoms with Gasteiger partial charge in [-0.15, -0.1) is 36.2 Å². The predicted molar refractivity (Wildman–Crippen MR) is 88.6 cm³/mol.